The fourth-order valence-electron chi connectivity index (χ4n) is 5.44. The van der Waals surface area contributed by atoms with Crippen LogP contribution in [0.4, 0.5) is 5.82 Å². The number of piperidine rings is 2. The number of Topliss-reactive ketones (excluding diaryl/α,β-unsaturated/α-hetero) is 1. The molecule has 0 saturated carbocycles. The van der Waals surface area contributed by atoms with Crippen molar-refractivity contribution in [1.82, 2.24) is 14.8 Å². The van der Waals surface area contributed by atoms with Crippen LogP contribution in [0.25, 0.3) is 10.8 Å². The van der Waals surface area contributed by atoms with Gasteiger partial charge >= 0.3 is 0 Å². The fraction of sp³-hybridized carbons (Fsp3) is 0.577. The van der Waals surface area contributed by atoms with Gasteiger partial charge in [-0.2, -0.15) is 0 Å². The molecule has 172 valence electrons. The second-order valence-electron chi connectivity index (χ2n) is 9.62. The summed E-state index contributed by atoms with van der Waals surface area (Å²) in [6.07, 6.45) is 9.15. The molecule has 1 amide bonds. The Kier molecular flexibility index (Phi) is 7.09. The number of anilines is 1. The summed E-state index contributed by atoms with van der Waals surface area (Å²) < 4.78 is 0. The Bertz CT molecular complexity index is 965. The SMILES string of the molecule is C[C@@H]1CCC[C@H](C)N1CC(=O)N1CCCC[C@H]1C(=O)CCc1ccc2c(N)nccc2c1. The average molecular weight is 437 g/mol. The van der Waals surface area contributed by atoms with Crippen LogP contribution in [-0.2, 0) is 16.0 Å². The van der Waals surface area contributed by atoms with Crippen LogP contribution in [0.1, 0.15) is 64.4 Å². The van der Waals surface area contributed by atoms with Crippen molar-refractivity contribution in [1.29, 1.82) is 0 Å². The minimum atomic E-state index is -0.271. The number of hydrogen-bond acceptors (Lipinski definition) is 5. The predicted octanol–water partition coefficient (Wildman–Crippen LogP) is 3.96. The highest BCUT2D eigenvalue weighted by atomic mass is 16.2. The molecular weight excluding hydrogens is 400 g/mol. The first kappa shape index (κ1) is 22.7. The van der Waals surface area contributed by atoms with Crippen LogP contribution in [0.3, 0.4) is 0 Å². The summed E-state index contributed by atoms with van der Waals surface area (Å²) in [5, 5.41) is 1.98. The van der Waals surface area contributed by atoms with Gasteiger partial charge in [-0.15, -0.1) is 0 Å². The van der Waals surface area contributed by atoms with Crippen molar-refractivity contribution in [2.45, 2.75) is 83.3 Å². The van der Waals surface area contributed by atoms with Crippen molar-refractivity contribution in [2.75, 3.05) is 18.8 Å². The van der Waals surface area contributed by atoms with E-state index in [0.29, 0.717) is 43.8 Å². The zero-order valence-corrected chi connectivity index (χ0v) is 19.4. The van der Waals surface area contributed by atoms with Crippen molar-refractivity contribution in [3.8, 4) is 0 Å². The molecule has 32 heavy (non-hydrogen) atoms. The van der Waals surface area contributed by atoms with Crippen molar-refractivity contribution in [2.24, 2.45) is 0 Å². The van der Waals surface area contributed by atoms with Gasteiger partial charge < -0.3 is 10.6 Å². The van der Waals surface area contributed by atoms with Crippen LogP contribution in [-0.4, -0.2) is 57.7 Å². The van der Waals surface area contributed by atoms with E-state index in [0.717, 1.165) is 48.4 Å². The van der Waals surface area contributed by atoms with E-state index < -0.39 is 0 Å². The molecule has 2 fully saturated rings. The first-order valence-electron chi connectivity index (χ1n) is 12.1. The van der Waals surface area contributed by atoms with Crippen LogP contribution < -0.4 is 5.73 Å². The van der Waals surface area contributed by atoms with Crippen molar-refractivity contribution in [3.05, 3.63) is 36.0 Å². The average Bonchev–Trinajstić information content (AvgIpc) is 2.80. The van der Waals surface area contributed by atoms with Gasteiger partial charge in [0.1, 0.15) is 5.82 Å². The summed E-state index contributed by atoms with van der Waals surface area (Å²) in [6.45, 7) is 5.57. The van der Waals surface area contributed by atoms with E-state index in [-0.39, 0.29) is 17.7 Å². The number of carbonyl (C=O) groups is 2. The quantitative estimate of drug-likeness (QED) is 0.741. The molecular formula is C26H36N4O2. The first-order chi connectivity index (χ1) is 15.4. The molecule has 2 N–H and O–H groups in total. The molecule has 4 rings (SSSR count). The lowest BCUT2D eigenvalue weighted by molar-refractivity contribution is -0.143. The molecule has 0 unspecified atom stereocenters. The Morgan fingerprint density at radius 2 is 1.84 bits per heavy atom. The van der Waals surface area contributed by atoms with Crippen LogP contribution in [0.2, 0.25) is 0 Å². The maximum Gasteiger partial charge on any atom is 0.237 e. The number of hydrogen-bond donors (Lipinski definition) is 1. The Labute approximate surface area is 191 Å². The number of nitrogens with two attached hydrogens (primary N) is 1. The number of benzene rings is 1. The third-order valence-electron chi connectivity index (χ3n) is 7.41. The standard InChI is InChI=1S/C26H36N4O2/c1-18-6-5-7-19(2)30(18)17-25(32)29-15-4-3-8-23(29)24(31)12-10-20-9-11-22-21(16-20)13-14-28-26(22)27/h9,11,13-14,16,18-19,23H,3-8,10,12,15,17H2,1-2H3,(H2,27,28)/t18-,19+,23-/m0/s1. The number of ketones is 1. The molecule has 0 spiro atoms. The number of pyridine rings is 1. The summed E-state index contributed by atoms with van der Waals surface area (Å²) in [7, 11) is 0. The smallest absolute Gasteiger partial charge is 0.237 e. The van der Waals surface area contributed by atoms with E-state index in [1.54, 1.807) is 6.20 Å². The summed E-state index contributed by atoms with van der Waals surface area (Å²) in [5.74, 6) is 0.836. The lowest BCUT2D eigenvalue weighted by Gasteiger charge is -2.41. The van der Waals surface area contributed by atoms with Crippen LogP contribution in [0.5, 0.6) is 0 Å². The number of likely N-dealkylation sites (tertiary alicyclic amines) is 2. The van der Waals surface area contributed by atoms with Gasteiger partial charge in [-0.3, -0.25) is 14.5 Å². The molecule has 0 radical (unpaired) electrons. The maximum atomic E-state index is 13.2. The van der Waals surface area contributed by atoms with Gasteiger partial charge in [0, 0.05) is 36.6 Å². The molecule has 2 aliphatic rings. The van der Waals surface area contributed by atoms with Gasteiger partial charge in [0.05, 0.1) is 12.6 Å². The van der Waals surface area contributed by atoms with E-state index in [9.17, 15) is 9.59 Å². The number of nitrogen functional groups attached to an aromatic ring is 1. The van der Waals surface area contributed by atoms with E-state index >= 15 is 0 Å². The normalized spacial score (nSPS) is 24.6. The molecule has 1 aromatic carbocycles. The molecule has 6 nitrogen and oxygen atoms in total. The van der Waals surface area contributed by atoms with Gasteiger partial charge in [-0.1, -0.05) is 24.6 Å². The Hall–Kier alpha value is -2.47. The summed E-state index contributed by atoms with van der Waals surface area (Å²) >= 11 is 0. The summed E-state index contributed by atoms with van der Waals surface area (Å²) in [4.78, 5) is 34.8. The number of aromatic nitrogens is 1. The topological polar surface area (TPSA) is 79.5 Å². The highest BCUT2D eigenvalue weighted by molar-refractivity contribution is 5.92. The molecule has 2 aliphatic heterocycles. The predicted molar refractivity (Wildman–Crippen MR) is 128 cm³/mol. The third kappa shape index (κ3) is 4.96. The number of fused-ring (bicyclic) bond motifs is 1. The fourth-order valence-corrected chi connectivity index (χ4v) is 5.44. The van der Waals surface area contributed by atoms with E-state index in [1.807, 2.05) is 23.1 Å². The molecule has 3 atom stereocenters. The minimum absolute atomic E-state index is 0.123. The van der Waals surface area contributed by atoms with Crippen LogP contribution in [0, 0.1) is 0 Å². The largest absolute Gasteiger partial charge is 0.383 e. The molecule has 0 aliphatic carbocycles. The van der Waals surface area contributed by atoms with Gasteiger partial charge in [0.15, 0.2) is 5.78 Å². The number of amides is 1. The van der Waals surface area contributed by atoms with E-state index in [1.165, 1.54) is 6.42 Å². The molecule has 1 aromatic heterocycles. The van der Waals surface area contributed by atoms with Crippen molar-refractivity contribution in [3.63, 3.8) is 0 Å². The van der Waals surface area contributed by atoms with Crippen molar-refractivity contribution >= 4 is 28.3 Å². The second-order valence-corrected chi connectivity index (χ2v) is 9.62. The number of nitrogens with zero attached hydrogens (tertiary/aromatic N) is 3. The first-order valence-corrected chi connectivity index (χ1v) is 12.1. The lowest BCUT2D eigenvalue weighted by Crippen LogP contribution is -2.54. The van der Waals surface area contributed by atoms with Gasteiger partial charge in [-0.25, -0.2) is 4.98 Å². The summed E-state index contributed by atoms with van der Waals surface area (Å²) in [5.41, 5.74) is 7.06. The summed E-state index contributed by atoms with van der Waals surface area (Å²) in [6, 6.07) is 8.63. The monoisotopic (exact) mass is 436 g/mol. The second kappa shape index (κ2) is 9.99. The Balaban J connectivity index is 1.39. The highest BCUT2D eigenvalue weighted by Gasteiger charge is 2.34. The number of rotatable bonds is 6. The molecule has 3 heterocycles. The molecule has 2 saturated heterocycles. The molecule has 0 bridgehead atoms. The van der Waals surface area contributed by atoms with Gasteiger partial charge in [0.2, 0.25) is 5.91 Å². The Morgan fingerprint density at radius 1 is 1.06 bits per heavy atom. The van der Waals surface area contributed by atoms with Gasteiger partial charge in [-0.05, 0) is 69.4 Å². The number of carbonyl (C=O) groups excluding carboxylic acids is 2. The van der Waals surface area contributed by atoms with Gasteiger partial charge in [0.25, 0.3) is 0 Å². The van der Waals surface area contributed by atoms with E-state index in [2.05, 4.69) is 29.8 Å². The zero-order chi connectivity index (χ0) is 22.7. The highest BCUT2D eigenvalue weighted by Crippen LogP contribution is 2.25. The maximum absolute atomic E-state index is 13.2. The molecule has 6 heteroatoms. The van der Waals surface area contributed by atoms with E-state index in [4.69, 9.17) is 5.73 Å². The van der Waals surface area contributed by atoms with Crippen molar-refractivity contribution < 1.29 is 9.59 Å². The Morgan fingerprint density at radius 3 is 2.62 bits per heavy atom. The minimum Gasteiger partial charge on any atom is -0.383 e. The molecule has 2 aromatic rings. The third-order valence-corrected chi connectivity index (χ3v) is 7.41. The zero-order valence-electron chi connectivity index (χ0n) is 19.4. The van der Waals surface area contributed by atoms with Crippen LogP contribution in [0.15, 0.2) is 30.5 Å². The van der Waals surface area contributed by atoms with Crippen LogP contribution >= 0.6 is 0 Å². The number of aryl methyl sites for hydroxylation is 1. The lowest BCUT2D eigenvalue weighted by atomic mass is 9.93.